The lowest BCUT2D eigenvalue weighted by Crippen LogP contribution is -1.98. The highest BCUT2D eigenvalue weighted by atomic mass is 35.5. The number of benzene rings is 3. The molecule has 5 nitrogen and oxygen atoms in total. The molecule has 3 aromatic carbocycles. The van der Waals surface area contributed by atoms with Crippen LogP contribution in [0.4, 0.5) is 4.39 Å². The Morgan fingerprint density at radius 2 is 1.73 bits per heavy atom. The van der Waals surface area contributed by atoms with Gasteiger partial charge in [0.1, 0.15) is 11.5 Å². The van der Waals surface area contributed by atoms with Crippen LogP contribution in [-0.4, -0.2) is 21.6 Å². The van der Waals surface area contributed by atoms with Crippen molar-refractivity contribution in [2.45, 2.75) is 0 Å². The van der Waals surface area contributed by atoms with E-state index >= 15 is 0 Å². The van der Waals surface area contributed by atoms with Crippen molar-refractivity contribution in [3.05, 3.63) is 77.7 Å². The molecule has 0 saturated heterocycles. The van der Waals surface area contributed by atoms with Crippen molar-refractivity contribution in [3.8, 4) is 28.4 Å². The molecule has 0 aliphatic carbocycles. The molecule has 0 fully saturated rings. The van der Waals surface area contributed by atoms with Crippen LogP contribution in [0.2, 0.25) is 5.02 Å². The van der Waals surface area contributed by atoms with Gasteiger partial charge in [-0.3, -0.25) is 4.98 Å². The Morgan fingerprint density at radius 1 is 0.933 bits per heavy atom. The van der Waals surface area contributed by atoms with Crippen LogP contribution in [0.1, 0.15) is 0 Å². The first-order valence-electron chi connectivity index (χ1n) is 9.31. The molecule has 30 heavy (non-hydrogen) atoms. The van der Waals surface area contributed by atoms with E-state index in [0.29, 0.717) is 17.2 Å². The van der Waals surface area contributed by atoms with Crippen molar-refractivity contribution in [1.82, 2.24) is 14.8 Å². The molecule has 1 aliphatic heterocycles. The minimum absolute atomic E-state index is 0.0356. The molecule has 0 unspecified atom stereocenters. The number of hydrogen-bond donors (Lipinski definition) is 0. The molecule has 3 heterocycles. The molecular weight excluding hydrogens is 405 g/mol. The van der Waals surface area contributed by atoms with E-state index in [-0.39, 0.29) is 11.8 Å². The van der Waals surface area contributed by atoms with Crippen LogP contribution in [-0.2, 0) is 0 Å². The lowest BCUT2D eigenvalue weighted by Gasteiger charge is -2.07. The smallest absolute Gasteiger partial charge is 0.231 e. The predicted octanol–water partition coefficient (Wildman–Crippen LogP) is 5.76. The summed E-state index contributed by atoms with van der Waals surface area (Å²) in [6.45, 7) is 0.177. The summed E-state index contributed by atoms with van der Waals surface area (Å²) in [6.07, 6.45) is 1.80. The molecule has 5 aromatic rings. The molecule has 0 radical (unpaired) electrons. The minimum atomic E-state index is -0.477. The predicted molar refractivity (Wildman–Crippen MR) is 113 cm³/mol. The number of rotatable bonds is 2. The summed E-state index contributed by atoms with van der Waals surface area (Å²) in [5.41, 5.74) is 3.97. The van der Waals surface area contributed by atoms with Crippen molar-refractivity contribution >= 4 is 33.4 Å². The van der Waals surface area contributed by atoms with Crippen molar-refractivity contribution in [2.24, 2.45) is 0 Å². The van der Waals surface area contributed by atoms with Crippen molar-refractivity contribution < 1.29 is 13.9 Å². The van der Waals surface area contributed by atoms with Gasteiger partial charge >= 0.3 is 0 Å². The first-order valence-corrected chi connectivity index (χ1v) is 9.69. The zero-order chi connectivity index (χ0) is 20.2. The van der Waals surface area contributed by atoms with E-state index in [1.807, 2.05) is 42.5 Å². The third kappa shape index (κ3) is 2.54. The standard InChI is InChI=1S/C23H13ClFN3O2/c24-17-8-14(6-7-18(17)25)28-23-15-9-20-21(30-12-29-20)10-19(15)26-11-16(23)22(27-28)13-4-2-1-3-5-13/h1-11H,12H2. The average Bonchev–Trinajstić information content (AvgIpc) is 3.39. The van der Waals surface area contributed by atoms with Gasteiger partial charge in [-0.05, 0) is 24.3 Å². The van der Waals surface area contributed by atoms with Gasteiger partial charge in [0.2, 0.25) is 6.79 Å². The summed E-state index contributed by atoms with van der Waals surface area (Å²) in [5, 5.41) is 6.63. The number of fused-ring (bicyclic) bond motifs is 4. The Kier molecular flexibility index (Phi) is 3.70. The maximum Gasteiger partial charge on any atom is 0.231 e. The summed E-state index contributed by atoms with van der Waals surface area (Å²) in [7, 11) is 0. The van der Waals surface area contributed by atoms with Gasteiger partial charge in [-0.1, -0.05) is 41.9 Å². The summed E-state index contributed by atoms with van der Waals surface area (Å²) in [5.74, 6) is 0.839. The SMILES string of the molecule is Fc1ccc(-n2nc(-c3ccccc3)c3cnc4cc5c(cc4c32)OCO5)cc1Cl. The summed E-state index contributed by atoms with van der Waals surface area (Å²) < 4.78 is 26.6. The number of aromatic nitrogens is 3. The highest BCUT2D eigenvalue weighted by Gasteiger charge is 2.21. The Labute approximate surface area is 175 Å². The van der Waals surface area contributed by atoms with Gasteiger partial charge < -0.3 is 9.47 Å². The zero-order valence-corrected chi connectivity index (χ0v) is 16.2. The second kappa shape index (κ2) is 6.43. The minimum Gasteiger partial charge on any atom is -0.454 e. The lowest BCUT2D eigenvalue weighted by atomic mass is 10.1. The fourth-order valence-electron chi connectivity index (χ4n) is 3.79. The summed E-state index contributed by atoms with van der Waals surface area (Å²) >= 11 is 6.07. The number of pyridine rings is 1. The number of halogens is 2. The largest absolute Gasteiger partial charge is 0.454 e. The van der Waals surface area contributed by atoms with Gasteiger partial charge in [-0.2, -0.15) is 5.10 Å². The lowest BCUT2D eigenvalue weighted by molar-refractivity contribution is 0.174. The number of nitrogens with zero attached hydrogens (tertiary/aromatic N) is 3. The molecule has 6 rings (SSSR count). The Bertz CT molecular complexity index is 1450. The fraction of sp³-hybridized carbons (Fsp3) is 0.0435. The van der Waals surface area contributed by atoms with Gasteiger partial charge in [0.25, 0.3) is 0 Å². The van der Waals surface area contributed by atoms with E-state index in [2.05, 4.69) is 4.98 Å². The number of ether oxygens (including phenoxy) is 2. The molecule has 7 heteroatoms. The van der Waals surface area contributed by atoms with Gasteiger partial charge in [-0.15, -0.1) is 0 Å². The molecule has 0 amide bonds. The molecule has 0 N–H and O–H groups in total. The van der Waals surface area contributed by atoms with E-state index in [1.54, 1.807) is 23.0 Å². The van der Waals surface area contributed by atoms with Crippen molar-refractivity contribution in [3.63, 3.8) is 0 Å². The first kappa shape index (κ1) is 17.2. The quantitative estimate of drug-likeness (QED) is 0.366. The summed E-state index contributed by atoms with van der Waals surface area (Å²) in [6, 6.07) is 18.2. The maximum absolute atomic E-state index is 13.8. The van der Waals surface area contributed by atoms with Crippen LogP contribution in [0.5, 0.6) is 11.5 Å². The monoisotopic (exact) mass is 417 g/mol. The zero-order valence-electron chi connectivity index (χ0n) is 15.5. The van der Waals surface area contributed by atoms with Gasteiger partial charge in [0.05, 0.1) is 21.7 Å². The second-order valence-electron chi connectivity index (χ2n) is 6.97. The normalized spacial score (nSPS) is 12.7. The van der Waals surface area contributed by atoms with Gasteiger partial charge in [0.15, 0.2) is 11.5 Å². The van der Waals surface area contributed by atoms with E-state index in [1.165, 1.54) is 6.07 Å². The molecule has 0 atom stereocenters. The fourth-order valence-corrected chi connectivity index (χ4v) is 3.96. The van der Waals surface area contributed by atoms with Crippen LogP contribution in [0.15, 0.2) is 66.9 Å². The highest BCUT2D eigenvalue weighted by molar-refractivity contribution is 6.30. The number of hydrogen-bond acceptors (Lipinski definition) is 4. The van der Waals surface area contributed by atoms with Crippen molar-refractivity contribution in [1.29, 1.82) is 0 Å². The van der Waals surface area contributed by atoms with Crippen LogP contribution >= 0.6 is 11.6 Å². The summed E-state index contributed by atoms with van der Waals surface area (Å²) in [4.78, 5) is 4.64. The van der Waals surface area contributed by atoms with Crippen LogP contribution < -0.4 is 9.47 Å². The molecule has 1 aliphatic rings. The molecule has 0 bridgehead atoms. The maximum atomic E-state index is 13.8. The van der Waals surface area contributed by atoms with Crippen LogP contribution in [0.25, 0.3) is 38.8 Å². The van der Waals surface area contributed by atoms with Crippen LogP contribution in [0, 0.1) is 5.82 Å². The van der Waals surface area contributed by atoms with E-state index in [0.717, 1.165) is 33.1 Å². The van der Waals surface area contributed by atoms with Gasteiger partial charge in [0, 0.05) is 28.6 Å². The third-order valence-corrected chi connectivity index (χ3v) is 5.49. The molecular formula is C23H13ClFN3O2. The molecule has 0 spiro atoms. The van der Waals surface area contributed by atoms with Crippen LogP contribution in [0.3, 0.4) is 0 Å². The Balaban J connectivity index is 1.73. The van der Waals surface area contributed by atoms with E-state index < -0.39 is 5.82 Å². The molecule has 0 saturated carbocycles. The third-order valence-electron chi connectivity index (χ3n) is 5.20. The Morgan fingerprint density at radius 3 is 2.53 bits per heavy atom. The second-order valence-corrected chi connectivity index (χ2v) is 7.38. The highest BCUT2D eigenvalue weighted by Crippen LogP contribution is 2.40. The van der Waals surface area contributed by atoms with Gasteiger partial charge in [-0.25, -0.2) is 9.07 Å². The topological polar surface area (TPSA) is 49.2 Å². The van der Waals surface area contributed by atoms with E-state index in [4.69, 9.17) is 26.2 Å². The van der Waals surface area contributed by atoms with E-state index in [9.17, 15) is 4.39 Å². The van der Waals surface area contributed by atoms with Crippen molar-refractivity contribution in [2.75, 3.05) is 6.79 Å². The average molecular weight is 418 g/mol. The Hall–Kier alpha value is -3.64. The molecule has 146 valence electrons. The molecule has 2 aromatic heterocycles. The first-order chi connectivity index (χ1) is 14.7.